The number of anilines is 1. The smallest absolute Gasteiger partial charge is 0.219 e. The number of hydrogen-bond acceptors (Lipinski definition) is 6. The molecule has 3 rings (SSSR count). The summed E-state index contributed by atoms with van der Waals surface area (Å²) in [6.45, 7) is 2.31. The monoisotopic (exact) mass is 445 g/mol. The molecule has 1 aliphatic heterocycles. The summed E-state index contributed by atoms with van der Waals surface area (Å²) < 4.78 is 28.2. The maximum atomic E-state index is 13.3. The molecular weight excluding hydrogens is 414 g/mol. The van der Waals surface area contributed by atoms with E-state index >= 15 is 0 Å². The highest BCUT2D eigenvalue weighted by atomic mass is 32.2. The molecule has 31 heavy (non-hydrogen) atoms. The van der Waals surface area contributed by atoms with E-state index in [1.54, 1.807) is 16.3 Å². The predicted molar refractivity (Wildman–Crippen MR) is 121 cm³/mol. The van der Waals surface area contributed by atoms with Gasteiger partial charge < -0.3 is 9.80 Å². The van der Waals surface area contributed by atoms with E-state index in [1.807, 2.05) is 55.4 Å². The lowest BCUT2D eigenvalue weighted by atomic mass is 10.0. The van der Waals surface area contributed by atoms with Crippen molar-refractivity contribution in [3.63, 3.8) is 0 Å². The Labute approximate surface area is 185 Å². The first kappa shape index (κ1) is 23.1. The minimum absolute atomic E-state index is 0.0440. The highest BCUT2D eigenvalue weighted by Crippen LogP contribution is 2.33. The molecule has 1 aromatic carbocycles. The molecule has 0 saturated carbocycles. The van der Waals surface area contributed by atoms with Gasteiger partial charge in [-0.05, 0) is 18.4 Å². The first-order valence-corrected chi connectivity index (χ1v) is 12.1. The maximum absolute atomic E-state index is 13.3. The van der Waals surface area contributed by atoms with Crippen molar-refractivity contribution in [1.29, 1.82) is 0 Å². The standard InChI is InChI=1S/C22H31N5O3S/c1-17(28)26(4)15-19-14-21(25(2)3)24-22(23-19)20-12-8-9-13-27(20)31(29,30)16-18-10-6-5-7-11-18/h5-7,10-11,14,20H,8-9,12-13,15-16H2,1-4H3/t20-/m1/s1. The van der Waals surface area contributed by atoms with Crippen LogP contribution < -0.4 is 4.90 Å². The summed E-state index contributed by atoms with van der Waals surface area (Å²) in [6, 6.07) is 10.7. The van der Waals surface area contributed by atoms with Crippen LogP contribution in [0.5, 0.6) is 0 Å². The van der Waals surface area contributed by atoms with Crippen LogP contribution in [0.3, 0.4) is 0 Å². The van der Waals surface area contributed by atoms with Gasteiger partial charge in [-0.3, -0.25) is 4.79 Å². The van der Waals surface area contributed by atoms with E-state index in [-0.39, 0.29) is 11.7 Å². The molecule has 9 heteroatoms. The Bertz CT molecular complexity index is 1010. The molecule has 168 valence electrons. The minimum atomic E-state index is -3.54. The highest BCUT2D eigenvalue weighted by Gasteiger charge is 2.35. The zero-order valence-corrected chi connectivity index (χ0v) is 19.5. The molecule has 0 unspecified atom stereocenters. The summed E-state index contributed by atoms with van der Waals surface area (Å²) in [5.41, 5.74) is 1.45. The van der Waals surface area contributed by atoms with Gasteiger partial charge in [-0.1, -0.05) is 36.8 Å². The lowest BCUT2D eigenvalue weighted by molar-refractivity contribution is -0.128. The summed E-state index contributed by atoms with van der Waals surface area (Å²) in [5.74, 6) is 1.09. The second-order valence-electron chi connectivity index (χ2n) is 8.21. The highest BCUT2D eigenvalue weighted by molar-refractivity contribution is 7.88. The summed E-state index contributed by atoms with van der Waals surface area (Å²) in [5, 5.41) is 0. The number of rotatable bonds is 7. The molecule has 1 fully saturated rings. The van der Waals surface area contributed by atoms with Crippen molar-refractivity contribution in [3.05, 3.63) is 53.5 Å². The van der Waals surface area contributed by atoms with Gasteiger partial charge in [-0.2, -0.15) is 4.31 Å². The average Bonchev–Trinajstić information content (AvgIpc) is 2.73. The Morgan fingerprint density at radius 3 is 2.48 bits per heavy atom. The van der Waals surface area contributed by atoms with Crippen molar-refractivity contribution >= 4 is 21.7 Å². The van der Waals surface area contributed by atoms with Crippen LogP contribution in [0, 0.1) is 0 Å². The number of benzene rings is 1. The van der Waals surface area contributed by atoms with Crippen molar-refractivity contribution in [3.8, 4) is 0 Å². The molecule has 2 aromatic rings. The third-order valence-electron chi connectivity index (χ3n) is 5.48. The van der Waals surface area contributed by atoms with E-state index in [0.29, 0.717) is 36.8 Å². The Morgan fingerprint density at radius 1 is 1.13 bits per heavy atom. The van der Waals surface area contributed by atoms with E-state index < -0.39 is 16.1 Å². The molecule has 0 aliphatic carbocycles. The molecule has 0 spiro atoms. The van der Waals surface area contributed by atoms with Crippen LogP contribution >= 0.6 is 0 Å². The lowest BCUT2D eigenvalue weighted by Gasteiger charge is -2.34. The topological polar surface area (TPSA) is 86.7 Å². The molecular formula is C22H31N5O3S. The number of carbonyl (C=O) groups is 1. The summed E-state index contributed by atoms with van der Waals surface area (Å²) >= 11 is 0. The maximum Gasteiger partial charge on any atom is 0.219 e. The second kappa shape index (κ2) is 9.74. The molecule has 1 aromatic heterocycles. The van der Waals surface area contributed by atoms with Crippen LogP contribution in [0.4, 0.5) is 5.82 Å². The summed E-state index contributed by atoms with van der Waals surface area (Å²) in [4.78, 5) is 24.5. The molecule has 8 nitrogen and oxygen atoms in total. The van der Waals surface area contributed by atoms with Crippen LogP contribution in [0.25, 0.3) is 0 Å². The molecule has 1 atom stereocenters. The number of nitrogens with zero attached hydrogens (tertiary/aromatic N) is 5. The Balaban J connectivity index is 1.96. The molecule has 1 amide bonds. The van der Waals surface area contributed by atoms with Gasteiger partial charge in [0.05, 0.1) is 24.0 Å². The Morgan fingerprint density at radius 2 is 1.84 bits per heavy atom. The minimum Gasteiger partial charge on any atom is -0.363 e. The molecule has 0 radical (unpaired) electrons. The van der Waals surface area contributed by atoms with Crippen molar-refractivity contribution in [2.45, 2.75) is 44.5 Å². The first-order chi connectivity index (χ1) is 14.7. The molecule has 0 bridgehead atoms. The summed E-state index contributed by atoms with van der Waals surface area (Å²) in [6.07, 6.45) is 2.41. The second-order valence-corrected chi connectivity index (χ2v) is 10.1. The number of aromatic nitrogens is 2. The van der Waals surface area contributed by atoms with Crippen LogP contribution in [0.15, 0.2) is 36.4 Å². The number of hydrogen-bond donors (Lipinski definition) is 0. The first-order valence-electron chi connectivity index (χ1n) is 10.5. The fourth-order valence-electron chi connectivity index (χ4n) is 3.68. The molecule has 1 aliphatic rings. The van der Waals surface area contributed by atoms with Gasteiger partial charge in [0.1, 0.15) is 11.6 Å². The van der Waals surface area contributed by atoms with E-state index in [9.17, 15) is 13.2 Å². The van der Waals surface area contributed by atoms with Gasteiger partial charge in [0.15, 0.2) is 0 Å². The van der Waals surface area contributed by atoms with Gasteiger partial charge in [0.2, 0.25) is 15.9 Å². The Kier molecular flexibility index (Phi) is 7.27. The third kappa shape index (κ3) is 5.80. The van der Waals surface area contributed by atoms with Crippen molar-refractivity contribution in [1.82, 2.24) is 19.2 Å². The van der Waals surface area contributed by atoms with E-state index in [4.69, 9.17) is 4.98 Å². The molecule has 1 saturated heterocycles. The fourth-order valence-corrected chi connectivity index (χ4v) is 5.45. The van der Waals surface area contributed by atoms with Gasteiger partial charge in [-0.15, -0.1) is 0 Å². The average molecular weight is 446 g/mol. The number of sulfonamides is 1. The van der Waals surface area contributed by atoms with E-state index in [0.717, 1.165) is 18.4 Å². The fraction of sp³-hybridized carbons (Fsp3) is 0.500. The largest absolute Gasteiger partial charge is 0.363 e. The lowest BCUT2D eigenvalue weighted by Crippen LogP contribution is -2.40. The SMILES string of the molecule is CC(=O)N(C)Cc1cc(N(C)C)nc([C@H]2CCCCN2S(=O)(=O)Cc2ccccc2)n1. The number of amides is 1. The van der Waals surface area contributed by atoms with Crippen LogP contribution in [-0.4, -0.2) is 61.2 Å². The number of piperidine rings is 1. The molecule has 0 N–H and O–H groups in total. The van der Waals surface area contributed by atoms with Gasteiger partial charge >= 0.3 is 0 Å². The molecule has 2 heterocycles. The van der Waals surface area contributed by atoms with Crippen molar-refractivity contribution in [2.75, 3.05) is 32.6 Å². The Hall–Kier alpha value is -2.52. The zero-order valence-electron chi connectivity index (χ0n) is 18.7. The van der Waals surface area contributed by atoms with Crippen LogP contribution in [0.2, 0.25) is 0 Å². The van der Waals surface area contributed by atoms with E-state index in [2.05, 4.69) is 4.98 Å². The van der Waals surface area contributed by atoms with E-state index in [1.165, 1.54) is 6.92 Å². The predicted octanol–water partition coefficient (Wildman–Crippen LogP) is 2.58. The van der Waals surface area contributed by atoms with Gasteiger partial charge in [-0.25, -0.2) is 18.4 Å². The van der Waals surface area contributed by atoms with Crippen LogP contribution in [-0.2, 0) is 27.1 Å². The third-order valence-corrected chi connectivity index (χ3v) is 7.33. The zero-order chi connectivity index (χ0) is 22.6. The van der Waals surface area contributed by atoms with Crippen molar-refractivity contribution in [2.24, 2.45) is 0 Å². The van der Waals surface area contributed by atoms with Crippen molar-refractivity contribution < 1.29 is 13.2 Å². The van der Waals surface area contributed by atoms with Crippen LogP contribution in [0.1, 0.15) is 49.3 Å². The van der Waals surface area contributed by atoms with Gasteiger partial charge in [0, 0.05) is 40.7 Å². The normalized spacial score (nSPS) is 17.4. The van der Waals surface area contributed by atoms with Gasteiger partial charge in [0.25, 0.3) is 0 Å². The summed E-state index contributed by atoms with van der Waals surface area (Å²) in [7, 11) is 1.95. The quantitative estimate of drug-likeness (QED) is 0.651. The number of carbonyl (C=O) groups excluding carboxylic acids is 1.